The van der Waals surface area contributed by atoms with E-state index in [1.165, 1.54) is 22.6 Å². The second kappa shape index (κ2) is 10.2. The van der Waals surface area contributed by atoms with Crippen molar-refractivity contribution in [3.63, 3.8) is 0 Å². The first-order valence-electron chi connectivity index (χ1n) is 11.4. The number of carbonyl (C=O) groups excluding carboxylic acids is 2. The topological polar surface area (TPSA) is 88.7 Å². The number of aromatic nitrogens is 2. The maximum Gasteiger partial charge on any atom is 0.289 e. The van der Waals surface area contributed by atoms with Crippen LogP contribution in [0.15, 0.2) is 75.2 Å². The van der Waals surface area contributed by atoms with Crippen molar-refractivity contribution in [2.24, 2.45) is 0 Å². The Hall–Kier alpha value is -3.56. The molecular weight excluding hydrogens is 500 g/mol. The standard InChI is InChI=1S/C26H23ClN4O4S/c1-17-8-9-18(15-20(17)27)31-24(33)19-5-2-3-6-21(19)28-26(31)36-16-23(32)29-10-12-30(13-11-29)25(34)22-7-4-14-35-22/h2-9,14-15H,10-13,16H2,1H3. The van der Waals surface area contributed by atoms with Crippen molar-refractivity contribution in [3.8, 4) is 5.69 Å². The van der Waals surface area contributed by atoms with Crippen molar-refractivity contribution in [2.75, 3.05) is 31.9 Å². The molecule has 0 atom stereocenters. The van der Waals surface area contributed by atoms with Gasteiger partial charge in [-0.05, 0) is 48.9 Å². The Kier molecular flexibility index (Phi) is 6.84. The molecule has 1 saturated heterocycles. The summed E-state index contributed by atoms with van der Waals surface area (Å²) < 4.78 is 6.70. The van der Waals surface area contributed by atoms with E-state index in [1.54, 1.807) is 46.2 Å². The van der Waals surface area contributed by atoms with Crippen LogP contribution in [0.25, 0.3) is 16.6 Å². The van der Waals surface area contributed by atoms with Gasteiger partial charge in [0.2, 0.25) is 5.91 Å². The summed E-state index contributed by atoms with van der Waals surface area (Å²) in [5.41, 5.74) is 1.84. The lowest BCUT2D eigenvalue weighted by Crippen LogP contribution is -2.51. The molecule has 0 unspecified atom stereocenters. The van der Waals surface area contributed by atoms with Gasteiger partial charge in [0.05, 0.1) is 28.6 Å². The molecule has 1 aliphatic heterocycles. The van der Waals surface area contributed by atoms with Crippen LogP contribution in [0.1, 0.15) is 16.1 Å². The minimum Gasteiger partial charge on any atom is -0.459 e. The number of para-hydroxylation sites is 1. The minimum atomic E-state index is -0.222. The molecule has 0 saturated carbocycles. The van der Waals surface area contributed by atoms with Crippen LogP contribution in [-0.4, -0.2) is 63.1 Å². The van der Waals surface area contributed by atoms with Gasteiger partial charge in [0.15, 0.2) is 10.9 Å². The molecule has 0 radical (unpaired) electrons. The van der Waals surface area contributed by atoms with Crippen molar-refractivity contribution >= 4 is 46.1 Å². The molecule has 3 heterocycles. The number of furan rings is 1. The fourth-order valence-corrected chi connectivity index (χ4v) is 5.18. The molecule has 0 bridgehead atoms. The number of fused-ring (bicyclic) bond motifs is 1. The number of thioether (sulfide) groups is 1. The van der Waals surface area contributed by atoms with Crippen molar-refractivity contribution in [1.29, 1.82) is 0 Å². The molecule has 2 aromatic heterocycles. The monoisotopic (exact) mass is 522 g/mol. The zero-order valence-corrected chi connectivity index (χ0v) is 21.1. The predicted molar refractivity (Wildman–Crippen MR) is 139 cm³/mol. The van der Waals surface area contributed by atoms with E-state index in [2.05, 4.69) is 0 Å². The quantitative estimate of drug-likeness (QED) is 0.290. The lowest BCUT2D eigenvalue weighted by atomic mass is 10.2. The summed E-state index contributed by atoms with van der Waals surface area (Å²) in [6.07, 6.45) is 1.47. The van der Waals surface area contributed by atoms with Gasteiger partial charge in [-0.2, -0.15) is 0 Å². The summed E-state index contributed by atoms with van der Waals surface area (Å²) in [7, 11) is 0. The Balaban J connectivity index is 1.34. The van der Waals surface area contributed by atoms with Gasteiger partial charge >= 0.3 is 0 Å². The average Bonchev–Trinajstić information content (AvgIpc) is 3.44. The second-order valence-corrected chi connectivity index (χ2v) is 9.77. The van der Waals surface area contributed by atoms with E-state index < -0.39 is 0 Å². The van der Waals surface area contributed by atoms with Gasteiger partial charge < -0.3 is 14.2 Å². The summed E-state index contributed by atoms with van der Waals surface area (Å²) in [6, 6.07) is 15.8. The van der Waals surface area contributed by atoms with E-state index in [4.69, 9.17) is 21.0 Å². The van der Waals surface area contributed by atoms with E-state index in [9.17, 15) is 14.4 Å². The van der Waals surface area contributed by atoms with E-state index in [0.29, 0.717) is 58.7 Å². The van der Waals surface area contributed by atoms with Gasteiger partial charge in [0.25, 0.3) is 11.5 Å². The Bertz CT molecular complexity index is 1490. The molecule has 36 heavy (non-hydrogen) atoms. The Labute approximate surface area is 216 Å². The number of carbonyl (C=O) groups is 2. The first kappa shape index (κ1) is 24.1. The van der Waals surface area contributed by atoms with Gasteiger partial charge in [0.1, 0.15) is 0 Å². The van der Waals surface area contributed by atoms with Crippen LogP contribution in [0.2, 0.25) is 5.02 Å². The zero-order chi connectivity index (χ0) is 25.2. The van der Waals surface area contributed by atoms with Crippen LogP contribution in [0.3, 0.4) is 0 Å². The molecule has 5 rings (SSSR count). The van der Waals surface area contributed by atoms with E-state index >= 15 is 0 Å². The highest BCUT2D eigenvalue weighted by atomic mass is 35.5. The summed E-state index contributed by atoms with van der Waals surface area (Å²) >= 11 is 7.55. The van der Waals surface area contributed by atoms with Crippen molar-refractivity contribution in [3.05, 3.63) is 87.6 Å². The fourth-order valence-electron chi connectivity index (χ4n) is 4.09. The van der Waals surface area contributed by atoms with Gasteiger partial charge in [-0.3, -0.25) is 19.0 Å². The maximum absolute atomic E-state index is 13.4. The Morgan fingerprint density at radius 3 is 2.50 bits per heavy atom. The number of hydrogen-bond acceptors (Lipinski definition) is 6. The maximum atomic E-state index is 13.4. The summed E-state index contributed by atoms with van der Waals surface area (Å²) in [4.78, 5) is 47.0. The first-order chi connectivity index (χ1) is 17.4. The number of nitrogens with zero attached hydrogens (tertiary/aromatic N) is 4. The average molecular weight is 523 g/mol. The number of benzene rings is 2. The van der Waals surface area contributed by atoms with Crippen LogP contribution in [0.4, 0.5) is 0 Å². The van der Waals surface area contributed by atoms with Crippen molar-refractivity contribution in [1.82, 2.24) is 19.4 Å². The summed E-state index contributed by atoms with van der Waals surface area (Å²) in [5, 5.41) is 1.45. The highest BCUT2D eigenvalue weighted by Gasteiger charge is 2.26. The highest BCUT2D eigenvalue weighted by molar-refractivity contribution is 7.99. The minimum absolute atomic E-state index is 0.0824. The molecule has 8 nitrogen and oxygen atoms in total. The third-order valence-corrected chi connectivity index (χ3v) is 7.47. The third kappa shape index (κ3) is 4.76. The molecule has 2 amide bonds. The van der Waals surface area contributed by atoms with Crippen molar-refractivity contribution in [2.45, 2.75) is 12.1 Å². The number of hydrogen-bond donors (Lipinski definition) is 0. The molecule has 0 aliphatic carbocycles. The SMILES string of the molecule is Cc1ccc(-n2c(SCC(=O)N3CCN(C(=O)c4ccco4)CC3)nc3ccccc3c2=O)cc1Cl. The molecule has 2 aromatic carbocycles. The van der Waals surface area contributed by atoms with Gasteiger partial charge in [-0.25, -0.2) is 4.98 Å². The molecule has 1 fully saturated rings. The predicted octanol–water partition coefficient (Wildman–Crippen LogP) is 4.02. The molecule has 184 valence electrons. The van der Waals surface area contributed by atoms with Gasteiger partial charge in [0, 0.05) is 31.2 Å². The van der Waals surface area contributed by atoms with Crippen molar-refractivity contribution < 1.29 is 14.0 Å². The first-order valence-corrected chi connectivity index (χ1v) is 12.8. The zero-order valence-electron chi connectivity index (χ0n) is 19.5. The van der Waals surface area contributed by atoms with Crippen LogP contribution in [-0.2, 0) is 4.79 Å². The number of amides is 2. The van der Waals surface area contributed by atoms with Crippen LogP contribution in [0, 0.1) is 6.92 Å². The van der Waals surface area contributed by atoms with E-state index in [-0.39, 0.29) is 23.1 Å². The Morgan fingerprint density at radius 2 is 1.78 bits per heavy atom. The molecule has 10 heteroatoms. The fraction of sp³-hybridized carbons (Fsp3) is 0.231. The van der Waals surface area contributed by atoms with E-state index in [0.717, 1.165) is 5.56 Å². The largest absolute Gasteiger partial charge is 0.459 e. The normalized spacial score (nSPS) is 13.8. The Morgan fingerprint density at radius 1 is 1.03 bits per heavy atom. The lowest BCUT2D eigenvalue weighted by Gasteiger charge is -2.34. The third-order valence-electron chi connectivity index (χ3n) is 6.13. The molecule has 0 N–H and O–H groups in total. The molecule has 1 aliphatic rings. The lowest BCUT2D eigenvalue weighted by molar-refractivity contribution is -0.129. The highest BCUT2D eigenvalue weighted by Crippen LogP contribution is 2.25. The van der Waals surface area contributed by atoms with E-state index in [1.807, 2.05) is 25.1 Å². The second-order valence-electron chi connectivity index (χ2n) is 8.42. The number of halogens is 1. The van der Waals surface area contributed by atoms with Gasteiger partial charge in [-0.1, -0.05) is 41.6 Å². The smallest absolute Gasteiger partial charge is 0.289 e. The van der Waals surface area contributed by atoms with Crippen LogP contribution >= 0.6 is 23.4 Å². The molecule has 4 aromatic rings. The van der Waals surface area contributed by atoms with Crippen LogP contribution < -0.4 is 5.56 Å². The van der Waals surface area contributed by atoms with Gasteiger partial charge in [-0.15, -0.1) is 0 Å². The number of aryl methyl sites for hydroxylation is 1. The number of piperazine rings is 1. The number of rotatable bonds is 5. The summed E-state index contributed by atoms with van der Waals surface area (Å²) in [6.45, 7) is 3.60. The molecule has 0 spiro atoms. The molecular formula is C26H23ClN4O4S. The summed E-state index contributed by atoms with van der Waals surface area (Å²) in [5.74, 6) is 0.141. The van der Waals surface area contributed by atoms with Crippen LogP contribution in [0.5, 0.6) is 0 Å².